The van der Waals surface area contributed by atoms with Crippen LogP contribution in [0.3, 0.4) is 0 Å². The molecular weight excluding hydrogens is 562 g/mol. The maximum absolute atomic E-state index is 13.1. The Morgan fingerprint density at radius 3 is 2.69 bits per heavy atom. The van der Waals surface area contributed by atoms with Gasteiger partial charge in [0.1, 0.15) is 17.5 Å². The summed E-state index contributed by atoms with van der Waals surface area (Å²) in [6.07, 6.45) is 6.15. The van der Waals surface area contributed by atoms with Crippen LogP contribution < -0.4 is 4.74 Å². The topological polar surface area (TPSA) is 75.0 Å². The number of halogens is 1. The van der Waals surface area contributed by atoms with Crippen molar-refractivity contribution in [1.82, 2.24) is 14.7 Å². The molecule has 0 N–H and O–H groups in total. The Bertz CT molecular complexity index is 1250. The summed E-state index contributed by atoms with van der Waals surface area (Å²) in [5, 5.41) is 5.61. The number of benzene rings is 2. The number of carbonyl (C=O) groups is 1. The quantitative estimate of drug-likeness (QED) is 0.250. The van der Waals surface area contributed by atoms with E-state index in [0.29, 0.717) is 19.8 Å². The summed E-state index contributed by atoms with van der Waals surface area (Å²) >= 11 is 3.64. The molecule has 1 aliphatic heterocycles. The first kappa shape index (κ1) is 27.9. The van der Waals surface area contributed by atoms with Crippen LogP contribution >= 0.6 is 15.9 Å². The third-order valence-corrected chi connectivity index (χ3v) is 7.55. The van der Waals surface area contributed by atoms with Crippen molar-refractivity contribution in [2.24, 2.45) is 0 Å². The highest BCUT2D eigenvalue weighted by Crippen LogP contribution is 2.37. The molecule has 9 heteroatoms. The molecule has 2 fully saturated rings. The summed E-state index contributed by atoms with van der Waals surface area (Å²) in [5.74, 6) is 0.792. The molecule has 1 atom stereocenters. The van der Waals surface area contributed by atoms with Gasteiger partial charge in [0.25, 0.3) is 0 Å². The molecule has 1 amide bonds. The maximum Gasteiger partial charge on any atom is 0.410 e. The monoisotopic (exact) mass is 599 g/mol. The molecule has 0 radical (unpaired) electrons. The first-order valence-corrected chi connectivity index (χ1v) is 14.6. The number of rotatable bonds is 9. The first-order chi connectivity index (χ1) is 18.8. The van der Waals surface area contributed by atoms with Crippen LogP contribution in [-0.2, 0) is 20.8 Å². The summed E-state index contributed by atoms with van der Waals surface area (Å²) in [7, 11) is 0. The van der Waals surface area contributed by atoms with Crippen molar-refractivity contribution in [1.29, 1.82) is 0 Å². The van der Waals surface area contributed by atoms with Crippen molar-refractivity contribution < 1.29 is 23.7 Å². The third-order valence-electron chi connectivity index (χ3n) is 7.09. The van der Waals surface area contributed by atoms with Crippen LogP contribution in [0.1, 0.15) is 64.7 Å². The lowest BCUT2D eigenvalue weighted by Gasteiger charge is -2.42. The molecule has 0 spiro atoms. The fraction of sp³-hybridized carbons (Fsp3) is 0.533. The Morgan fingerprint density at radius 1 is 1.18 bits per heavy atom. The average Bonchev–Trinajstić information content (AvgIpc) is 3.30. The fourth-order valence-electron chi connectivity index (χ4n) is 5.06. The van der Waals surface area contributed by atoms with Gasteiger partial charge < -0.3 is 23.8 Å². The summed E-state index contributed by atoms with van der Waals surface area (Å²) in [5.41, 5.74) is 1.54. The number of aromatic nitrogens is 2. The number of hydrogen-bond acceptors (Lipinski definition) is 6. The van der Waals surface area contributed by atoms with Gasteiger partial charge >= 0.3 is 6.09 Å². The maximum atomic E-state index is 13.1. The predicted octanol–water partition coefficient (Wildman–Crippen LogP) is 6.86. The van der Waals surface area contributed by atoms with Gasteiger partial charge in [0, 0.05) is 36.5 Å². The van der Waals surface area contributed by atoms with Crippen molar-refractivity contribution in [3.05, 3.63) is 58.7 Å². The van der Waals surface area contributed by atoms with Gasteiger partial charge in [0.15, 0.2) is 6.23 Å². The lowest BCUT2D eigenvalue weighted by molar-refractivity contribution is -0.0366. The van der Waals surface area contributed by atoms with E-state index in [2.05, 4.69) is 27.1 Å². The number of fused-ring (bicyclic) bond motifs is 1. The summed E-state index contributed by atoms with van der Waals surface area (Å²) in [6.45, 7) is 7.84. The van der Waals surface area contributed by atoms with Gasteiger partial charge in [0.2, 0.25) is 0 Å². The number of ether oxygens (including phenoxy) is 4. The number of nitrogens with zero attached hydrogens (tertiary/aromatic N) is 3. The lowest BCUT2D eigenvalue weighted by atomic mass is 9.88. The molecule has 2 aliphatic rings. The first-order valence-electron chi connectivity index (χ1n) is 13.8. The standard InChI is InChI=1S/C30H38BrN3O5/c1-30(2,3)39-29(35)33(12-14-36-20-21-9-5-4-6-10-21)23-17-24(18-23)38-27-16-22(31)15-26-25(27)19-32-34(26)28-11-7-8-13-37-28/h4-6,9-10,15-16,19,23-24,28H,7-8,11-14,17-18,20H2,1-3H3. The SMILES string of the molecule is CC(C)(C)OC(=O)N(CCOCc1ccccc1)C1CC(Oc2cc(Br)cc3c2cnn3C2CCCCO2)C1. The van der Waals surface area contributed by atoms with E-state index < -0.39 is 5.60 Å². The minimum atomic E-state index is -0.565. The summed E-state index contributed by atoms with van der Waals surface area (Å²) in [4.78, 5) is 14.9. The smallest absolute Gasteiger partial charge is 0.410 e. The van der Waals surface area contributed by atoms with Crippen molar-refractivity contribution >= 4 is 32.9 Å². The van der Waals surface area contributed by atoms with Gasteiger partial charge in [-0.25, -0.2) is 9.48 Å². The van der Waals surface area contributed by atoms with Crippen molar-refractivity contribution in [2.45, 2.75) is 83.5 Å². The molecule has 39 heavy (non-hydrogen) atoms. The van der Waals surface area contributed by atoms with Crippen LogP contribution in [0, 0.1) is 0 Å². The molecule has 210 valence electrons. The second-order valence-corrected chi connectivity index (χ2v) is 12.2. The van der Waals surface area contributed by atoms with E-state index >= 15 is 0 Å². The predicted molar refractivity (Wildman–Crippen MR) is 153 cm³/mol. The van der Waals surface area contributed by atoms with E-state index in [1.807, 2.05) is 68.0 Å². The molecule has 0 bridgehead atoms. The number of hydrogen-bond donors (Lipinski definition) is 0. The van der Waals surface area contributed by atoms with Crippen LogP contribution in [0.4, 0.5) is 4.79 Å². The highest BCUT2D eigenvalue weighted by atomic mass is 79.9. The Balaban J connectivity index is 1.21. The average molecular weight is 601 g/mol. The highest BCUT2D eigenvalue weighted by Gasteiger charge is 2.39. The molecule has 1 aliphatic carbocycles. The molecule has 1 saturated heterocycles. The van der Waals surface area contributed by atoms with Gasteiger partial charge in [-0.15, -0.1) is 0 Å². The Labute approximate surface area is 238 Å². The molecule has 5 rings (SSSR count). The van der Waals surface area contributed by atoms with E-state index in [4.69, 9.17) is 18.9 Å². The van der Waals surface area contributed by atoms with E-state index in [-0.39, 0.29) is 24.5 Å². The third kappa shape index (κ3) is 7.13. The van der Waals surface area contributed by atoms with Crippen LogP contribution in [0.15, 0.2) is 53.1 Å². The zero-order valence-electron chi connectivity index (χ0n) is 23.0. The lowest BCUT2D eigenvalue weighted by Crippen LogP contribution is -2.53. The van der Waals surface area contributed by atoms with Crippen molar-refractivity contribution in [3.8, 4) is 5.75 Å². The Morgan fingerprint density at radius 2 is 1.97 bits per heavy atom. The van der Waals surface area contributed by atoms with Gasteiger partial charge in [-0.1, -0.05) is 46.3 Å². The molecule has 3 aromatic rings. The Kier molecular flexibility index (Phi) is 8.79. The van der Waals surface area contributed by atoms with Crippen molar-refractivity contribution in [2.75, 3.05) is 19.8 Å². The molecule has 1 aromatic heterocycles. The molecule has 2 aromatic carbocycles. The van der Waals surface area contributed by atoms with Gasteiger partial charge in [-0.05, 0) is 57.7 Å². The molecule has 1 saturated carbocycles. The van der Waals surface area contributed by atoms with Gasteiger partial charge in [0.05, 0.1) is 30.3 Å². The normalized spacial score (nSPS) is 21.4. The van der Waals surface area contributed by atoms with E-state index in [1.54, 1.807) is 4.90 Å². The fourth-order valence-corrected chi connectivity index (χ4v) is 5.49. The number of amides is 1. The zero-order valence-corrected chi connectivity index (χ0v) is 24.6. The zero-order chi connectivity index (χ0) is 27.4. The molecule has 8 nitrogen and oxygen atoms in total. The largest absolute Gasteiger partial charge is 0.489 e. The Hall–Kier alpha value is -2.62. The minimum absolute atomic E-state index is 0.00282. The summed E-state index contributed by atoms with van der Waals surface area (Å²) in [6, 6.07) is 14.1. The highest BCUT2D eigenvalue weighted by molar-refractivity contribution is 9.10. The summed E-state index contributed by atoms with van der Waals surface area (Å²) < 4.78 is 26.9. The second kappa shape index (κ2) is 12.3. The van der Waals surface area contributed by atoms with Gasteiger partial charge in [-0.2, -0.15) is 5.10 Å². The van der Waals surface area contributed by atoms with Crippen LogP contribution in [-0.4, -0.2) is 58.3 Å². The van der Waals surface area contributed by atoms with Crippen LogP contribution in [0.2, 0.25) is 0 Å². The molecular formula is C30H38BrN3O5. The number of carbonyl (C=O) groups excluding carboxylic acids is 1. The van der Waals surface area contributed by atoms with Gasteiger partial charge in [-0.3, -0.25) is 0 Å². The molecule has 1 unspecified atom stereocenters. The van der Waals surface area contributed by atoms with E-state index in [0.717, 1.165) is 65.4 Å². The molecule has 2 heterocycles. The second-order valence-electron chi connectivity index (χ2n) is 11.3. The van der Waals surface area contributed by atoms with E-state index in [9.17, 15) is 4.79 Å². The van der Waals surface area contributed by atoms with Crippen LogP contribution in [0.5, 0.6) is 5.75 Å². The van der Waals surface area contributed by atoms with E-state index in [1.165, 1.54) is 0 Å². The van der Waals surface area contributed by atoms with Crippen LogP contribution in [0.25, 0.3) is 10.9 Å². The minimum Gasteiger partial charge on any atom is -0.489 e. The van der Waals surface area contributed by atoms with Crippen molar-refractivity contribution in [3.63, 3.8) is 0 Å².